The van der Waals surface area contributed by atoms with Crippen LogP contribution in [0, 0.1) is 6.92 Å². The number of nitrogens with two attached hydrogens (primary N) is 1. The molecule has 1 heterocycles. The second-order valence-corrected chi connectivity index (χ2v) is 4.09. The molecule has 0 aliphatic rings. The predicted molar refractivity (Wildman–Crippen MR) is 55.2 cm³/mol. The molecule has 0 amide bonds. The Morgan fingerprint density at radius 1 is 1.79 bits per heavy atom. The Bertz CT molecular complexity index is 311. The van der Waals surface area contributed by atoms with Crippen LogP contribution in [0.25, 0.3) is 0 Å². The number of aryl methyl sites for hydroxylation is 1. The monoisotopic (exact) mass is 215 g/mol. The van der Waals surface area contributed by atoms with Crippen LogP contribution in [-0.4, -0.2) is 22.9 Å². The van der Waals surface area contributed by atoms with Crippen LogP contribution in [0.15, 0.2) is 16.7 Å². The lowest BCUT2D eigenvalue weighted by Crippen LogP contribution is -2.26. The Balaban J connectivity index is 2.47. The molecule has 1 unspecified atom stereocenters. The molecule has 0 radical (unpaired) electrons. The average Bonchev–Trinajstić information content (AvgIpc) is 2.52. The molecule has 1 aromatic rings. The molecule has 0 aliphatic carbocycles. The third-order valence-electron chi connectivity index (χ3n) is 1.87. The number of aliphatic carboxylic acids is 1. The number of hydrogen-bond acceptors (Lipinski definition) is 4. The van der Waals surface area contributed by atoms with Gasteiger partial charge in [0.25, 0.3) is 0 Å². The van der Waals surface area contributed by atoms with Crippen molar-refractivity contribution in [3.05, 3.63) is 23.7 Å². The Labute approximate surface area is 86.5 Å². The van der Waals surface area contributed by atoms with Crippen molar-refractivity contribution in [2.45, 2.75) is 17.9 Å². The zero-order chi connectivity index (χ0) is 10.6. The maximum Gasteiger partial charge on any atom is 0.317 e. The highest BCUT2D eigenvalue weighted by molar-refractivity contribution is 7.99. The minimum absolute atomic E-state index is 0.139. The SMILES string of the molecule is Cc1ccoc1CSC(CN)C(=O)O. The molecule has 5 heteroatoms. The first-order valence-corrected chi connectivity index (χ1v) is 5.27. The minimum atomic E-state index is -0.873. The topological polar surface area (TPSA) is 76.5 Å². The molecule has 0 aliphatic heterocycles. The Hall–Kier alpha value is -0.940. The molecule has 0 spiro atoms. The summed E-state index contributed by atoms with van der Waals surface area (Å²) in [5.74, 6) is 0.490. The van der Waals surface area contributed by atoms with Gasteiger partial charge in [0.1, 0.15) is 11.0 Å². The van der Waals surface area contributed by atoms with Gasteiger partial charge >= 0.3 is 5.97 Å². The van der Waals surface area contributed by atoms with E-state index in [-0.39, 0.29) is 6.54 Å². The number of rotatable bonds is 5. The standard InChI is InChI=1S/C9H13NO3S/c1-6-2-3-13-7(6)5-14-8(4-10)9(11)12/h2-3,8H,4-5,10H2,1H3,(H,11,12). The van der Waals surface area contributed by atoms with Crippen LogP contribution in [0.2, 0.25) is 0 Å². The molecule has 0 fully saturated rings. The van der Waals surface area contributed by atoms with Crippen molar-refractivity contribution < 1.29 is 14.3 Å². The molecule has 0 bridgehead atoms. The number of furan rings is 1. The summed E-state index contributed by atoms with van der Waals surface area (Å²) in [6.45, 7) is 2.07. The second-order valence-electron chi connectivity index (χ2n) is 2.90. The largest absolute Gasteiger partial charge is 0.480 e. The van der Waals surface area contributed by atoms with Crippen molar-refractivity contribution in [3.8, 4) is 0 Å². The van der Waals surface area contributed by atoms with Gasteiger partial charge in [-0.2, -0.15) is 0 Å². The van der Waals surface area contributed by atoms with Crippen LogP contribution in [0.4, 0.5) is 0 Å². The van der Waals surface area contributed by atoms with Crippen LogP contribution < -0.4 is 5.73 Å². The van der Waals surface area contributed by atoms with E-state index in [0.717, 1.165) is 11.3 Å². The van der Waals surface area contributed by atoms with Gasteiger partial charge in [-0.25, -0.2) is 0 Å². The lowest BCUT2D eigenvalue weighted by atomic mass is 10.3. The smallest absolute Gasteiger partial charge is 0.317 e. The second kappa shape index (κ2) is 5.07. The first-order valence-electron chi connectivity index (χ1n) is 4.22. The van der Waals surface area contributed by atoms with E-state index in [0.29, 0.717) is 5.75 Å². The van der Waals surface area contributed by atoms with Crippen molar-refractivity contribution in [2.75, 3.05) is 6.54 Å². The fourth-order valence-electron chi connectivity index (χ4n) is 0.968. The molecular weight excluding hydrogens is 202 g/mol. The maximum absolute atomic E-state index is 10.6. The molecule has 1 aromatic heterocycles. The first kappa shape index (κ1) is 11.1. The van der Waals surface area contributed by atoms with Gasteiger partial charge in [-0.05, 0) is 18.6 Å². The molecule has 14 heavy (non-hydrogen) atoms. The highest BCUT2D eigenvalue weighted by Gasteiger charge is 2.16. The van der Waals surface area contributed by atoms with Crippen molar-refractivity contribution in [2.24, 2.45) is 5.73 Å². The van der Waals surface area contributed by atoms with Crippen LogP contribution >= 0.6 is 11.8 Å². The summed E-state index contributed by atoms with van der Waals surface area (Å²) in [5.41, 5.74) is 6.36. The molecule has 1 atom stereocenters. The average molecular weight is 215 g/mol. The normalized spacial score (nSPS) is 12.7. The van der Waals surface area contributed by atoms with Gasteiger partial charge in [0.15, 0.2) is 0 Å². The number of thioether (sulfide) groups is 1. The van der Waals surface area contributed by atoms with Gasteiger partial charge < -0.3 is 15.3 Å². The molecule has 1 rings (SSSR count). The lowest BCUT2D eigenvalue weighted by molar-refractivity contribution is -0.136. The van der Waals surface area contributed by atoms with Crippen molar-refractivity contribution in [1.29, 1.82) is 0 Å². The van der Waals surface area contributed by atoms with Gasteiger partial charge in [0.2, 0.25) is 0 Å². The van der Waals surface area contributed by atoms with Crippen LogP contribution in [0.3, 0.4) is 0 Å². The van der Waals surface area contributed by atoms with E-state index < -0.39 is 11.2 Å². The summed E-state index contributed by atoms with van der Waals surface area (Å²) >= 11 is 1.28. The zero-order valence-electron chi connectivity index (χ0n) is 7.90. The maximum atomic E-state index is 10.6. The molecule has 0 aromatic carbocycles. The van der Waals surface area contributed by atoms with Gasteiger partial charge in [0.05, 0.1) is 12.0 Å². The van der Waals surface area contributed by atoms with E-state index >= 15 is 0 Å². The van der Waals surface area contributed by atoms with Crippen LogP contribution in [-0.2, 0) is 10.5 Å². The minimum Gasteiger partial charge on any atom is -0.480 e. The number of carboxylic acids is 1. The van der Waals surface area contributed by atoms with Gasteiger partial charge in [-0.1, -0.05) is 0 Å². The van der Waals surface area contributed by atoms with Crippen LogP contribution in [0.1, 0.15) is 11.3 Å². The van der Waals surface area contributed by atoms with E-state index in [2.05, 4.69) is 0 Å². The van der Waals surface area contributed by atoms with Gasteiger partial charge in [-0.3, -0.25) is 4.79 Å². The fourth-order valence-corrected chi connectivity index (χ4v) is 1.90. The summed E-state index contributed by atoms with van der Waals surface area (Å²) in [7, 11) is 0. The number of hydrogen-bond donors (Lipinski definition) is 2. The summed E-state index contributed by atoms with van der Waals surface area (Å²) in [6.07, 6.45) is 1.60. The number of carboxylic acid groups (broad SMARTS) is 1. The highest BCUT2D eigenvalue weighted by atomic mass is 32.2. The molecule has 0 saturated heterocycles. The predicted octanol–water partition coefficient (Wildman–Crippen LogP) is 1.23. The number of carbonyl (C=O) groups is 1. The summed E-state index contributed by atoms with van der Waals surface area (Å²) in [6, 6.07) is 1.86. The highest BCUT2D eigenvalue weighted by Crippen LogP contribution is 2.20. The summed E-state index contributed by atoms with van der Waals surface area (Å²) in [5, 5.41) is 8.18. The zero-order valence-corrected chi connectivity index (χ0v) is 8.71. The van der Waals surface area contributed by atoms with Crippen molar-refractivity contribution >= 4 is 17.7 Å². The van der Waals surface area contributed by atoms with E-state index in [9.17, 15) is 4.79 Å². The van der Waals surface area contributed by atoms with Gasteiger partial charge in [0, 0.05) is 6.54 Å². The van der Waals surface area contributed by atoms with E-state index in [1.807, 2.05) is 13.0 Å². The molecule has 4 nitrogen and oxygen atoms in total. The fraction of sp³-hybridized carbons (Fsp3) is 0.444. The first-order chi connectivity index (χ1) is 6.65. The molecule has 3 N–H and O–H groups in total. The van der Waals surface area contributed by atoms with E-state index in [4.69, 9.17) is 15.3 Å². The third-order valence-corrected chi connectivity index (χ3v) is 3.10. The Morgan fingerprint density at radius 3 is 2.93 bits per heavy atom. The van der Waals surface area contributed by atoms with Crippen molar-refractivity contribution in [1.82, 2.24) is 0 Å². The molecular formula is C9H13NO3S. The third kappa shape index (κ3) is 2.78. The Kier molecular flexibility index (Phi) is 4.03. The summed E-state index contributed by atoms with van der Waals surface area (Å²) in [4.78, 5) is 10.6. The summed E-state index contributed by atoms with van der Waals surface area (Å²) < 4.78 is 5.18. The molecule has 0 saturated carbocycles. The van der Waals surface area contributed by atoms with Crippen LogP contribution in [0.5, 0.6) is 0 Å². The van der Waals surface area contributed by atoms with E-state index in [1.54, 1.807) is 6.26 Å². The quantitative estimate of drug-likeness (QED) is 0.772. The Morgan fingerprint density at radius 2 is 2.50 bits per heavy atom. The molecule has 78 valence electrons. The van der Waals surface area contributed by atoms with E-state index in [1.165, 1.54) is 11.8 Å². The van der Waals surface area contributed by atoms with Crippen molar-refractivity contribution in [3.63, 3.8) is 0 Å². The lowest BCUT2D eigenvalue weighted by Gasteiger charge is -2.07. The van der Waals surface area contributed by atoms with Gasteiger partial charge in [-0.15, -0.1) is 11.8 Å².